The Morgan fingerprint density at radius 2 is 2.24 bits per heavy atom. The summed E-state index contributed by atoms with van der Waals surface area (Å²) in [5.74, 6) is 3.22. The first-order valence-electron chi connectivity index (χ1n) is 6.49. The van der Waals surface area contributed by atoms with E-state index >= 15 is 0 Å². The van der Waals surface area contributed by atoms with Gasteiger partial charge >= 0.3 is 0 Å². The number of nitrogens with zero attached hydrogens (tertiary/aromatic N) is 2. The normalized spacial score (nSPS) is 32.9. The van der Waals surface area contributed by atoms with Crippen molar-refractivity contribution in [2.75, 3.05) is 0 Å². The molecule has 0 saturated heterocycles. The zero-order valence-electron chi connectivity index (χ0n) is 10.3. The fourth-order valence-electron chi connectivity index (χ4n) is 3.31. The third-order valence-electron chi connectivity index (χ3n) is 4.51. The second-order valence-corrected chi connectivity index (χ2v) is 5.60. The molecule has 0 spiro atoms. The first-order valence-corrected chi connectivity index (χ1v) is 6.49. The van der Waals surface area contributed by atoms with Gasteiger partial charge in [-0.05, 0) is 44.9 Å². The van der Waals surface area contributed by atoms with Crippen molar-refractivity contribution in [3.8, 4) is 0 Å². The van der Waals surface area contributed by atoms with Crippen LogP contribution in [0.5, 0.6) is 0 Å². The van der Waals surface area contributed by atoms with E-state index in [1.54, 1.807) is 6.92 Å². The summed E-state index contributed by atoms with van der Waals surface area (Å²) in [4.78, 5) is 15.7. The lowest BCUT2D eigenvalue weighted by Gasteiger charge is -2.17. The van der Waals surface area contributed by atoms with E-state index in [0.29, 0.717) is 11.8 Å². The highest BCUT2D eigenvalue weighted by molar-refractivity contribution is 5.81. The Bertz CT molecular complexity index is 440. The molecule has 2 bridgehead atoms. The number of carbonyl (C=O) groups is 1. The number of fused-ring (bicyclic) bond motifs is 2. The molecule has 17 heavy (non-hydrogen) atoms. The molecule has 1 aromatic heterocycles. The summed E-state index contributed by atoms with van der Waals surface area (Å²) in [7, 11) is 0. The van der Waals surface area contributed by atoms with E-state index in [1.807, 2.05) is 6.92 Å². The molecule has 4 heteroatoms. The number of ketones is 1. The van der Waals surface area contributed by atoms with Crippen molar-refractivity contribution in [3.05, 3.63) is 11.7 Å². The maximum atomic E-state index is 11.3. The predicted molar refractivity (Wildman–Crippen MR) is 61.6 cm³/mol. The Hall–Kier alpha value is -1.19. The number of hydrogen-bond acceptors (Lipinski definition) is 4. The lowest BCUT2D eigenvalue weighted by molar-refractivity contribution is -0.118. The van der Waals surface area contributed by atoms with Gasteiger partial charge in [-0.1, -0.05) is 11.6 Å². The first kappa shape index (κ1) is 10.9. The van der Waals surface area contributed by atoms with Gasteiger partial charge in [0.25, 0.3) is 0 Å². The number of carbonyl (C=O) groups excluding carboxylic acids is 1. The van der Waals surface area contributed by atoms with Crippen LogP contribution in [0.25, 0.3) is 0 Å². The van der Waals surface area contributed by atoms with Gasteiger partial charge < -0.3 is 4.52 Å². The molecule has 2 saturated carbocycles. The lowest BCUT2D eigenvalue weighted by atomic mass is 9.88. The van der Waals surface area contributed by atoms with Gasteiger partial charge in [0.05, 0.1) is 5.92 Å². The fourth-order valence-corrected chi connectivity index (χ4v) is 3.31. The first-order chi connectivity index (χ1) is 8.15. The van der Waals surface area contributed by atoms with Gasteiger partial charge in [0, 0.05) is 5.92 Å². The van der Waals surface area contributed by atoms with E-state index in [1.165, 1.54) is 25.7 Å². The van der Waals surface area contributed by atoms with Crippen molar-refractivity contribution >= 4 is 5.78 Å². The molecule has 92 valence electrons. The quantitative estimate of drug-likeness (QED) is 0.806. The van der Waals surface area contributed by atoms with E-state index in [-0.39, 0.29) is 11.7 Å². The molecule has 4 nitrogen and oxygen atoms in total. The number of aromatic nitrogens is 2. The van der Waals surface area contributed by atoms with Crippen LogP contribution in [0.1, 0.15) is 63.1 Å². The summed E-state index contributed by atoms with van der Waals surface area (Å²) in [5.41, 5.74) is 0. The summed E-state index contributed by atoms with van der Waals surface area (Å²) in [6.07, 6.45) is 5.21. The maximum Gasteiger partial charge on any atom is 0.236 e. The molecular weight excluding hydrogens is 216 g/mol. The molecule has 0 amide bonds. The van der Waals surface area contributed by atoms with Crippen LogP contribution < -0.4 is 0 Å². The average molecular weight is 234 g/mol. The van der Waals surface area contributed by atoms with Crippen LogP contribution in [0, 0.1) is 11.8 Å². The van der Waals surface area contributed by atoms with Crippen molar-refractivity contribution < 1.29 is 9.32 Å². The second kappa shape index (κ2) is 3.93. The molecule has 4 unspecified atom stereocenters. The van der Waals surface area contributed by atoms with Crippen molar-refractivity contribution in [1.29, 1.82) is 0 Å². The molecule has 2 fully saturated rings. The molecule has 3 rings (SSSR count). The third-order valence-corrected chi connectivity index (χ3v) is 4.51. The third kappa shape index (κ3) is 1.79. The van der Waals surface area contributed by atoms with Crippen LogP contribution in [-0.2, 0) is 4.79 Å². The highest BCUT2D eigenvalue weighted by atomic mass is 16.5. The molecule has 0 aromatic carbocycles. The maximum absolute atomic E-state index is 11.3. The monoisotopic (exact) mass is 234 g/mol. The molecule has 0 aliphatic heterocycles. The van der Waals surface area contributed by atoms with E-state index in [4.69, 9.17) is 4.52 Å². The molecule has 0 N–H and O–H groups in total. The Morgan fingerprint density at radius 1 is 1.41 bits per heavy atom. The van der Waals surface area contributed by atoms with Crippen molar-refractivity contribution in [2.24, 2.45) is 11.8 Å². The zero-order valence-corrected chi connectivity index (χ0v) is 10.3. The predicted octanol–water partition coefficient (Wildman–Crippen LogP) is 2.67. The van der Waals surface area contributed by atoms with Crippen molar-refractivity contribution in [3.63, 3.8) is 0 Å². The zero-order chi connectivity index (χ0) is 12.0. The van der Waals surface area contributed by atoms with Gasteiger partial charge in [0.2, 0.25) is 5.89 Å². The molecule has 4 atom stereocenters. The molecule has 0 radical (unpaired) electrons. The van der Waals surface area contributed by atoms with Gasteiger partial charge in [0.1, 0.15) is 5.78 Å². The second-order valence-electron chi connectivity index (χ2n) is 5.60. The number of hydrogen-bond donors (Lipinski definition) is 0. The van der Waals surface area contributed by atoms with Crippen LogP contribution >= 0.6 is 0 Å². The van der Waals surface area contributed by atoms with Gasteiger partial charge in [-0.15, -0.1) is 0 Å². The van der Waals surface area contributed by atoms with Gasteiger partial charge in [-0.2, -0.15) is 4.98 Å². The van der Waals surface area contributed by atoms with E-state index in [9.17, 15) is 4.79 Å². The molecule has 2 aliphatic carbocycles. The van der Waals surface area contributed by atoms with Crippen LogP contribution in [0.15, 0.2) is 4.52 Å². The Labute approximate surface area is 101 Å². The topological polar surface area (TPSA) is 56.0 Å². The highest BCUT2D eigenvalue weighted by Crippen LogP contribution is 2.52. The minimum atomic E-state index is -0.269. The standard InChI is InChI=1S/C13H18N2O2/c1-7(8(2)16)13-14-12(15-17-13)11-6-9-3-4-10(11)5-9/h7,9-11H,3-6H2,1-2H3. The van der Waals surface area contributed by atoms with E-state index in [0.717, 1.165) is 17.7 Å². The Kier molecular flexibility index (Phi) is 2.53. The Morgan fingerprint density at radius 3 is 2.82 bits per heavy atom. The van der Waals surface area contributed by atoms with Crippen LogP contribution in [0.3, 0.4) is 0 Å². The van der Waals surface area contributed by atoms with E-state index < -0.39 is 0 Å². The molecule has 1 aromatic rings. The largest absolute Gasteiger partial charge is 0.339 e. The fraction of sp³-hybridized carbons (Fsp3) is 0.769. The molecule has 1 heterocycles. The summed E-state index contributed by atoms with van der Waals surface area (Å²) in [6.45, 7) is 3.38. The lowest BCUT2D eigenvalue weighted by Crippen LogP contribution is -2.10. The summed E-state index contributed by atoms with van der Waals surface area (Å²) < 4.78 is 5.23. The van der Waals surface area contributed by atoms with Crippen molar-refractivity contribution in [2.45, 2.75) is 51.4 Å². The van der Waals surface area contributed by atoms with Gasteiger partial charge in [0.15, 0.2) is 5.82 Å². The number of Topliss-reactive ketones (excluding diaryl/α,β-unsaturated/α-hetero) is 1. The molecular formula is C13H18N2O2. The number of rotatable bonds is 3. The van der Waals surface area contributed by atoms with Gasteiger partial charge in [-0.3, -0.25) is 4.79 Å². The van der Waals surface area contributed by atoms with Crippen LogP contribution in [0.4, 0.5) is 0 Å². The average Bonchev–Trinajstić information content (AvgIpc) is 3.02. The summed E-state index contributed by atoms with van der Waals surface area (Å²) in [6, 6.07) is 0. The SMILES string of the molecule is CC(=O)C(C)c1nc(C2CC3CCC2C3)no1. The Balaban J connectivity index is 1.79. The van der Waals surface area contributed by atoms with Crippen LogP contribution in [-0.4, -0.2) is 15.9 Å². The minimum Gasteiger partial charge on any atom is -0.339 e. The van der Waals surface area contributed by atoms with E-state index in [2.05, 4.69) is 10.1 Å². The highest BCUT2D eigenvalue weighted by Gasteiger charge is 2.42. The van der Waals surface area contributed by atoms with Gasteiger partial charge in [-0.25, -0.2) is 0 Å². The minimum absolute atomic E-state index is 0.0770. The summed E-state index contributed by atoms with van der Waals surface area (Å²) >= 11 is 0. The summed E-state index contributed by atoms with van der Waals surface area (Å²) in [5, 5.41) is 4.08. The smallest absolute Gasteiger partial charge is 0.236 e. The van der Waals surface area contributed by atoms with Crippen LogP contribution in [0.2, 0.25) is 0 Å². The molecule has 2 aliphatic rings. The van der Waals surface area contributed by atoms with Crippen molar-refractivity contribution in [1.82, 2.24) is 10.1 Å².